The number of phenolic OH excluding ortho intramolecular Hbond substituents is 1. The van der Waals surface area contributed by atoms with E-state index >= 15 is 0 Å². The van der Waals surface area contributed by atoms with Gasteiger partial charge in [0, 0.05) is 13.1 Å². The molecule has 0 spiro atoms. The molecular formula is C10H11NO3. The lowest BCUT2D eigenvalue weighted by Crippen LogP contribution is -2.32. The van der Waals surface area contributed by atoms with E-state index in [0.717, 1.165) is 11.1 Å². The zero-order valence-electron chi connectivity index (χ0n) is 7.53. The standard InChI is InChI=1S/C10H11NO3/c12-7-1-2-8-6(3-7)4-11-5-9(8)10(13)14/h1-3,9,11-12H,4-5H2,(H,13,14). The first-order chi connectivity index (χ1) is 6.68. The molecule has 2 rings (SSSR count). The fraction of sp³-hybridized carbons (Fsp3) is 0.300. The molecule has 0 bridgehead atoms. The number of hydrogen-bond acceptors (Lipinski definition) is 3. The summed E-state index contributed by atoms with van der Waals surface area (Å²) in [7, 11) is 0. The van der Waals surface area contributed by atoms with E-state index in [1.807, 2.05) is 0 Å². The van der Waals surface area contributed by atoms with E-state index < -0.39 is 11.9 Å². The fourth-order valence-corrected chi connectivity index (χ4v) is 1.77. The third kappa shape index (κ3) is 1.44. The second kappa shape index (κ2) is 3.31. The van der Waals surface area contributed by atoms with Crippen molar-refractivity contribution in [2.45, 2.75) is 12.5 Å². The summed E-state index contributed by atoms with van der Waals surface area (Å²) in [6.45, 7) is 1.07. The Bertz CT molecular complexity index is 376. The predicted molar refractivity (Wildman–Crippen MR) is 50.2 cm³/mol. The highest BCUT2D eigenvalue weighted by atomic mass is 16.4. The van der Waals surface area contributed by atoms with Gasteiger partial charge < -0.3 is 15.5 Å². The fourth-order valence-electron chi connectivity index (χ4n) is 1.77. The molecule has 0 saturated heterocycles. The van der Waals surface area contributed by atoms with Gasteiger partial charge in [-0.05, 0) is 23.3 Å². The Hall–Kier alpha value is -1.55. The molecule has 1 heterocycles. The van der Waals surface area contributed by atoms with Crippen LogP contribution in [-0.2, 0) is 11.3 Å². The third-order valence-corrected chi connectivity index (χ3v) is 2.46. The van der Waals surface area contributed by atoms with Crippen LogP contribution in [0.4, 0.5) is 0 Å². The van der Waals surface area contributed by atoms with Gasteiger partial charge in [0.15, 0.2) is 0 Å². The zero-order valence-corrected chi connectivity index (χ0v) is 7.53. The highest BCUT2D eigenvalue weighted by molar-refractivity contribution is 5.77. The van der Waals surface area contributed by atoms with Gasteiger partial charge >= 0.3 is 5.97 Å². The number of phenols is 1. The van der Waals surface area contributed by atoms with Crippen molar-refractivity contribution in [3.05, 3.63) is 29.3 Å². The quantitative estimate of drug-likeness (QED) is 0.613. The van der Waals surface area contributed by atoms with Gasteiger partial charge in [0.25, 0.3) is 0 Å². The van der Waals surface area contributed by atoms with Crippen LogP contribution in [0, 0.1) is 0 Å². The minimum absolute atomic E-state index is 0.177. The Morgan fingerprint density at radius 1 is 1.50 bits per heavy atom. The van der Waals surface area contributed by atoms with E-state index in [2.05, 4.69) is 5.32 Å². The largest absolute Gasteiger partial charge is 0.508 e. The van der Waals surface area contributed by atoms with Crippen LogP contribution in [0.3, 0.4) is 0 Å². The Labute approximate surface area is 81.2 Å². The lowest BCUT2D eigenvalue weighted by Gasteiger charge is -2.23. The lowest BCUT2D eigenvalue weighted by molar-refractivity contribution is -0.138. The molecule has 0 fully saturated rings. The van der Waals surface area contributed by atoms with Gasteiger partial charge in [-0.15, -0.1) is 0 Å². The van der Waals surface area contributed by atoms with Crippen LogP contribution < -0.4 is 5.32 Å². The van der Waals surface area contributed by atoms with Gasteiger partial charge in [-0.1, -0.05) is 6.07 Å². The molecule has 1 atom stereocenters. The molecule has 1 unspecified atom stereocenters. The maximum absolute atomic E-state index is 10.9. The van der Waals surface area contributed by atoms with E-state index in [-0.39, 0.29) is 5.75 Å². The van der Waals surface area contributed by atoms with Gasteiger partial charge in [0.2, 0.25) is 0 Å². The van der Waals surface area contributed by atoms with E-state index in [9.17, 15) is 9.90 Å². The van der Waals surface area contributed by atoms with Crippen molar-refractivity contribution in [3.63, 3.8) is 0 Å². The maximum atomic E-state index is 10.9. The van der Waals surface area contributed by atoms with Crippen molar-refractivity contribution in [1.82, 2.24) is 5.32 Å². The molecule has 1 aromatic rings. The molecule has 1 aromatic carbocycles. The van der Waals surface area contributed by atoms with Crippen LogP contribution in [0.25, 0.3) is 0 Å². The van der Waals surface area contributed by atoms with E-state index in [1.54, 1.807) is 12.1 Å². The monoisotopic (exact) mass is 193 g/mol. The number of hydrogen-bond donors (Lipinski definition) is 3. The highest BCUT2D eigenvalue weighted by Crippen LogP contribution is 2.26. The molecule has 1 aliphatic rings. The number of benzene rings is 1. The van der Waals surface area contributed by atoms with E-state index in [1.165, 1.54) is 6.07 Å². The normalized spacial score (nSPS) is 20.1. The summed E-state index contributed by atoms with van der Waals surface area (Å²) in [4.78, 5) is 10.9. The molecule has 14 heavy (non-hydrogen) atoms. The van der Waals surface area contributed by atoms with Gasteiger partial charge in [-0.2, -0.15) is 0 Å². The zero-order chi connectivity index (χ0) is 10.1. The average Bonchev–Trinajstić information content (AvgIpc) is 2.16. The number of aromatic hydroxyl groups is 1. The molecule has 4 heteroatoms. The van der Waals surface area contributed by atoms with Crippen molar-refractivity contribution < 1.29 is 15.0 Å². The molecular weight excluding hydrogens is 182 g/mol. The minimum atomic E-state index is -0.830. The van der Waals surface area contributed by atoms with Crippen LogP contribution >= 0.6 is 0 Å². The number of carboxylic acid groups (broad SMARTS) is 1. The molecule has 0 aromatic heterocycles. The van der Waals surface area contributed by atoms with Crippen molar-refractivity contribution in [2.75, 3.05) is 6.54 Å². The summed E-state index contributed by atoms with van der Waals surface area (Å²) in [6, 6.07) is 4.82. The second-order valence-corrected chi connectivity index (χ2v) is 3.40. The van der Waals surface area contributed by atoms with E-state index in [4.69, 9.17) is 5.11 Å². The first-order valence-electron chi connectivity index (χ1n) is 4.44. The first kappa shape index (κ1) is 9.02. The molecule has 0 aliphatic carbocycles. The van der Waals surface area contributed by atoms with Crippen LogP contribution in [0.5, 0.6) is 5.75 Å². The van der Waals surface area contributed by atoms with E-state index in [0.29, 0.717) is 13.1 Å². The van der Waals surface area contributed by atoms with Crippen molar-refractivity contribution in [2.24, 2.45) is 0 Å². The molecule has 0 amide bonds. The van der Waals surface area contributed by atoms with Crippen LogP contribution in [0.2, 0.25) is 0 Å². The summed E-state index contributed by atoms with van der Waals surface area (Å²) in [6.07, 6.45) is 0. The van der Waals surface area contributed by atoms with Crippen LogP contribution in [0.1, 0.15) is 17.0 Å². The molecule has 0 saturated carbocycles. The predicted octanol–water partition coefficient (Wildman–Crippen LogP) is 0.664. The lowest BCUT2D eigenvalue weighted by atomic mass is 9.91. The number of rotatable bonds is 1. The number of carbonyl (C=O) groups is 1. The minimum Gasteiger partial charge on any atom is -0.508 e. The summed E-state index contributed by atoms with van der Waals surface area (Å²) >= 11 is 0. The molecule has 0 radical (unpaired) electrons. The van der Waals surface area contributed by atoms with Crippen LogP contribution in [-0.4, -0.2) is 22.7 Å². The Kier molecular flexibility index (Phi) is 2.13. The van der Waals surface area contributed by atoms with Gasteiger partial charge in [0.1, 0.15) is 5.75 Å². The number of carboxylic acids is 1. The Morgan fingerprint density at radius 2 is 2.29 bits per heavy atom. The molecule has 3 N–H and O–H groups in total. The Morgan fingerprint density at radius 3 is 3.00 bits per heavy atom. The average molecular weight is 193 g/mol. The first-order valence-corrected chi connectivity index (χ1v) is 4.44. The summed E-state index contributed by atoms with van der Waals surface area (Å²) in [5, 5.41) is 21.2. The summed E-state index contributed by atoms with van der Waals surface area (Å²) < 4.78 is 0. The smallest absolute Gasteiger partial charge is 0.312 e. The van der Waals surface area contributed by atoms with Gasteiger partial charge in [-0.25, -0.2) is 0 Å². The Balaban J connectivity index is 2.44. The topological polar surface area (TPSA) is 69.6 Å². The molecule has 1 aliphatic heterocycles. The van der Waals surface area contributed by atoms with Gasteiger partial charge in [0.05, 0.1) is 5.92 Å². The third-order valence-electron chi connectivity index (χ3n) is 2.46. The van der Waals surface area contributed by atoms with Crippen molar-refractivity contribution in [1.29, 1.82) is 0 Å². The number of aliphatic carboxylic acids is 1. The summed E-state index contributed by atoms with van der Waals surface area (Å²) in [5.41, 5.74) is 1.66. The maximum Gasteiger partial charge on any atom is 0.312 e. The highest BCUT2D eigenvalue weighted by Gasteiger charge is 2.25. The summed E-state index contributed by atoms with van der Waals surface area (Å²) in [5.74, 6) is -1.15. The van der Waals surface area contributed by atoms with Crippen molar-refractivity contribution in [3.8, 4) is 5.75 Å². The van der Waals surface area contributed by atoms with Gasteiger partial charge in [-0.3, -0.25) is 4.79 Å². The number of fused-ring (bicyclic) bond motifs is 1. The van der Waals surface area contributed by atoms with Crippen LogP contribution in [0.15, 0.2) is 18.2 Å². The second-order valence-electron chi connectivity index (χ2n) is 3.40. The number of nitrogens with one attached hydrogen (secondary N) is 1. The molecule has 74 valence electrons. The SMILES string of the molecule is O=C(O)C1CNCc2cc(O)ccc21. The molecule has 4 nitrogen and oxygen atoms in total. The van der Waals surface area contributed by atoms with Crippen molar-refractivity contribution >= 4 is 5.97 Å².